The van der Waals surface area contributed by atoms with Crippen LogP contribution in [0.1, 0.15) is 30.6 Å². The Labute approximate surface area is 108 Å². The number of carbonyl (C=O) groups is 1. The Morgan fingerprint density at radius 3 is 3.00 bits per heavy atom. The van der Waals surface area contributed by atoms with E-state index in [0.29, 0.717) is 18.2 Å². The van der Waals surface area contributed by atoms with Gasteiger partial charge in [0, 0.05) is 24.4 Å². The summed E-state index contributed by atoms with van der Waals surface area (Å²) in [5.74, 6) is -0.0307. The molecule has 0 saturated carbocycles. The fourth-order valence-corrected chi connectivity index (χ4v) is 2.15. The van der Waals surface area contributed by atoms with Gasteiger partial charge in [-0.3, -0.25) is 4.79 Å². The van der Waals surface area contributed by atoms with Crippen LogP contribution < -0.4 is 10.6 Å². The summed E-state index contributed by atoms with van der Waals surface area (Å²) in [6.45, 7) is 5.43. The lowest BCUT2D eigenvalue weighted by Crippen LogP contribution is -2.27. The Kier molecular flexibility index (Phi) is 4.20. The molecule has 4 nitrogen and oxygen atoms in total. The van der Waals surface area contributed by atoms with Crippen LogP contribution in [0.3, 0.4) is 0 Å². The monoisotopic (exact) mass is 248 g/mol. The van der Waals surface area contributed by atoms with Crippen molar-refractivity contribution in [2.45, 2.75) is 32.4 Å². The quantitative estimate of drug-likeness (QED) is 0.857. The molecule has 0 aliphatic carbocycles. The highest BCUT2D eigenvalue weighted by molar-refractivity contribution is 5.95. The van der Waals surface area contributed by atoms with Crippen molar-refractivity contribution in [3.05, 3.63) is 29.8 Å². The van der Waals surface area contributed by atoms with E-state index >= 15 is 0 Å². The molecule has 1 heterocycles. The summed E-state index contributed by atoms with van der Waals surface area (Å²) in [5, 5.41) is 6.22. The van der Waals surface area contributed by atoms with Gasteiger partial charge >= 0.3 is 0 Å². The van der Waals surface area contributed by atoms with E-state index in [1.807, 2.05) is 31.2 Å². The Hall–Kier alpha value is -1.55. The first kappa shape index (κ1) is 12.9. The summed E-state index contributed by atoms with van der Waals surface area (Å²) >= 11 is 0. The molecule has 2 unspecified atom stereocenters. The maximum absolute atomic E-state index is 11.7. The molecule has 1 aliphatic heterocycles. The van der Waals surface area contributed by atoms with Crippen molar-refractivity contribution in [2.75, 3.05) is 18.5 Å². The molecule has 2 rings (SSSR count). The van der Waals surface area contributed by atoms with Gasteiger partial charge in [-0.2, -0.15) is 0 Å². The van der Waals surface area contributed by atoms with E-state index in [0.717, 1.165) is 18.7 Å². The van der Waals surface area contributed by atoms with Gasteiger partial charge in [-0.15, -0.1) is 0 Å². The second kappa shape index (κ2) is 5.87. The summed E-state index contributed by atoms with van der Waals surface area (Å²) < 4.78 is 5.51. The van der Waals surface area contributed by atoms with Crippen LogP contribution in [-0.4, -0.2) is 31.2 Å². The largest absolute Gasteiger partial charge is 0.380 e. The molecule has 0 aromatic heterocycles. The van der Waals surface area contributed by atoms with E-state index in [4.69, 9.17) is 4.74 Å². The second-order valence-electron chi connectivity index (χ2n) is 4.56. The van der Waals surface area contributed by atoms with E-state index < -0.39 is 0 Å². The maximum atomic E-state index is 11.7. The molecule has 0 bridgehead atoms. The zero-order valence-electron chi connectivity index (χ0n) is 10.9. The Morgan fingerprint density at radius 1 is 1.50 bits per heavy atom. The molecule has 1 fully saturated rings. The highest BCUT2D eigenvalue weighted by Gasteiger charge is 2.23. The van der Waals surface area contributed by atoms with Crippen LogP contribution in [-0.2, 0) is 4.74 Å². The van der Waals surface area contributed by atoms with E-state index in [9.17, 15) is 4.79 Å². The first-order valence-electron chi connectivity index (χ1n) is 6.47. The van der Waals surface area contributed by atoms with Crippen LogP contribution in [0.4, 0.5) is 5.69 Å². The van der Waals surface area contributed by atoms with Crippen molar-refractivity contribution in [3.63, 3.8) is 0 Å². The predicted octanol–water partition coefficient (Wildman–Crippen LogP) is 2.03. The molecule has 2 atom stereocenters. The lowest BCUT2D eigenvalue weighted by Gasteiger charge is -2.17. The molecule has 0 radical (unpaired) electrons. The van der Waals surface area contributed by atoms with Crippen molar-refractivity contribution in [1.29, 1.82) is 0 Å². The van der Waals surface area contributed by atoms with Gasteiger partial charge in [-0.25, -0.2) is 0 Å². The van der Waals surface area contributed by atoms with E-state index in [2.05, 4.69) is 17.6 Å². The summed E-state index contributed by atoms with van der Waals surface area (Å²) in [6.07, 6.45) is 1.23. The van der Waals surface area contributed by atoms with Gasteiger partial charge < -0.3 is 15.4 Å². The van der Waals surface area contributed by atoms with Gasteiger partial charge in [0.25, 0.3) is 5.91 Å². The van der Waals surface area contributed by atoms with Gasteiger partial charge in [-0.1, -0.05) is 6.07 Å². The summed E-state index contributed by atoms with van der Waals surface area (Å²) in [7, 11) is 0. The number of rotatable bonds is 4. The fraction of sp³-hybridized carbons (Fsp3) is 0.500. The van der Waals surface area contributed by atoms with E-state index in [1.165, 1.54) is 0 Å². The van der Waals surface area contributed by atoms with Crippen molar-refractivity contribution in [2.24, 2.45) is 0 Å². The molecule has 1 aromatic rings. The molecule has 1 saturated heterocycles. The van der Waals surface area contributed by atoms with Crippen molar-refractivity contribution >= 4 is 11.6 Å². The third-order valence-electron chi connectivity index (χ3n) is 3.19. The van der Waals surface area contributed by atoms with Crippen molar-refractivity contribution in [1.82, 2.24) is 5.32 Å². The molecule has 4 heteroatoms. The molecular formula is C14H20N2O2. The standard InChI is InChI=1S/C14H20N2O2/c1-3-15-14(17)11-5-4-6-12(9-11)16-13-7-8-18-10(13)2/h4-6,9-10,13,16H,3,7-8H2,1-2H3,(H,15,17). The Bertz CT molecular complexity index is 420. The SMILES string of the molecule is CCNC(=O)c1cccc(NC2CCOC2C)c1. The minimum absolute atomic E-state index is 0.0307. The van der Waals surface area contributed by atoms with Crippen molar-refractivity contribution in [3.8, 4) is 0 Å². The van der Waals surface area contributed by atoms with Gasteiger partial charge in [0.2, 0.25) is 0 Å². The van der Waals surface area contributed by atoms with Crippen LogP contribution >= 0.6 is 0 Å². The fourth-order valence-electron chi connectivity index (χ4n) is 2.15. The average molecular weight is 248 g/mol. The lowest BCUT2D eigenvalue weighted by atomic mass is 10.1. The van der Waals surface area contributed by atoms with E-state index in [1.54, 1.807) is 0 Å². The summed E-state index contributed by atoms with van der Waals surface area (Å²) in [5.41, 5.74) is 1.66. The lowest BCUT2D eigenvalue weighted by molar-refractivity contribution is 0.0956. The average Bonchev–Trinajstić information content (AvgIpc) is 2.76. The molecule has 2 N–H and O–H groups in total. The number of carbonyl (C=O) groups excluding carboxylic acids is 1. The topological polar surface area (TPSA) is 50.4 Å². The smallest absolute Gasteiger partial charge is 0.251 e. The number of hydrogen-bond donors (Lipinski definition) is 2. The molecule has 0 spiro atoms. The molecule has 98 valence electrons. The van der Waals surface area contributed by atoms with Gasteiger partial charge in [0.05, 0.1) is 12.1 Å². The van der Waals surface area contributed by atoms with E-state index in [-0.39, 0.29) is 12.0 Å². The van der Waals surface area contributed by atoms with Gasteiger partial charge in [0.1, 0.15) is 0 Å². The van der Waals surface area contributed by atoms with Crippen LogP contribution in [0.15, 0.2) is 24.3 Å². The minimum atomic E-state index is -0.0307. The number of benzene rings is 1. The Balaban J connectivity index is 2.05. The first-order valence-corrected chi connectivity index (χ1v) is 6.47. The summed E-state index contributed by atoms with van der Waals surface area (Å²) in [4.78, 5) is 11.7. The number of nitrogens with one attached hydrogen (secondary N) is 2. The molecule has 1 aliphatic rings. The van der Waals surface area contributed by atoms with Crippen LogP contribution in [0, 0.1) is 0 Å². The molecule has 1 amide bonds. The van der Waals surface area contributed by atoms with Crippen molar-refractivity contribution < 1.29 is 9.53 Å². The van der Waals surface area contributed by atoms with Gasteiger partial charge in [0.15, 0.2) is 0 Å². The highest BCUT2D eigenvalue weighted by atomic mass is 16.5. The van der Waals surface area contributed by atoms with Crippen LogP contribution in [0.25, 0.3) is 0 Å². The zero-order valence-corrected chi connectivity index (χ0v) is 10.9. The van der Waals surface area contributed by atoms with Gasteiger partial charge in [-0.05, 0) is 38.5 Å². The second-order valence-corrected chi connectivity index (χ2v) is 4.56. The number of anilines is 1. The zero-order chi connectivity index (χ0) is 13.0. The molecule has 1 aromatic carbocycles. The van der Waals surface area contributed by atoms with Crippen LogP contribution in [0.5, 0.6) is 0 Å². The number of hydrogen-bond acceptors (Lipinski definition) is 3. The molecular weight excluding hydrogens is 228 g/mol. The van der Waals surface area contributed by atoms with Crippen LogP contribution in [0.2, 0.25) is 0 Å². The molecule has 18 heavy (non-hydrogen) atoms. The number of ether oxygens (including phenoxy) is 1. The maximum Gasteiger partial charge on any atom is 0.251 e. The number of amides is 1. The first-order chi connectivity index (χ1) is 8.70. The predicted molar refractivity (Wildman–Crippen MR) is 71.9 cm³/mol. The normalized spacial score (nSPS) is 22.8. The minimum Gasteiger partial charge on any atom is -0.380 e. The highest BCUT2D eigenvalue weighted by Crippen LogP contribution is 2.19. The Morgan fingerprint density at radius 2 is 2.33 bits per heavy atom. The summed E-state index contributed by atoms with van der Waals surface area (Å²) in [6, 6.07) is 7.91. The third-order valence-corrected chi connectivity index (χ3v) is 3.19. The third kappa shape index (κ3) is 3.01.